The third-order valence-corrected chi connectivity index (χ3v) is 3.04. The van der Waals surface area contributed by atoms with Crippen LogP contribution >= 0.6 is 0 Å². The number of benzene rings is 1. The summed E-state index contributed by atoms with van der Waals surface area (Å²) in [5, 5.41) is 6.26. The van der Waals surface area contributed by atoms with Crippen molar-refractivity contribution in [3.05, 3.63) is 29.8 Å². The maximum Gasteiger partial charge on any atom is 0.251 e. The second kappa shape index (κ2) is 5.19. The van der Waals surface area contributed by atoms with E-state index in [1.807, 2.05) is 43.3 Å². The first-order valence-corrected chi connectivity index (χ1v) is 5.96. The predicted octanol–water partition coefficient (Wildman–Crippen LogP) is 0.844. The van der Waals surface area contributed by atoms with Crippen LogP contribution in [-0.2, 0) is 0 Å². The van der Waals surface area contributed by atoms with Crippen molar-refractivity contribution in [2.75, 3.05) is 32.1 Å². The highest BCUT2D eigenvalue weighted by molar-refractivity contribution is 5.94. The highest BCUT2D eigenvalue weighted by Crippen LogP contribution is 2.12. The first-order valence-electron chi connectivity index (χ1n) is 5.96. The highest BCUT2D eigenvalue weighted by Gasteiger charge is 2.17. The van der Waals surface area contributed by atoms with E-state index in [2.05, 4.69) is 10.6 Å². The number of hydrogen-bond acceptors (Lipinski definition) is 3. The fourth-order valence-electron chi connectivity index (χ4n) is 1.96. The molecule has 1 aliphatic rings. The van der Waals surface area contributed by atoms with Gasteiger partial charge in [-0.15, -0.1) is 0 Å². The van der Waals surface area contributed by atoms with Crippen molar-refractivity contribution in [1.29, 1.82) is 0 Å². The minimum atomic E-state index is 0.0176. The topological polar surface area (TPSA) is 44.4 Å². The van der Waals surface area contributed by atoms with Gasteiger partial charge in [0.05, 0.1) is 0 Å². The summed E-state index contributed by atoms with van der Waals surface area (Å²) < 4.78 is 0. The van der Waals surface area contributed by atoms with Crippen molar-refractivity contribution in [2.45, 2.75) is 12.5 Å². The zero-order valence-electron chi connectivity index (χ0n) is 10.4. The van der Waals surface area contributed by atoms with Crippen LogP contribution in [0.2, 0.25) is 0 Å². The second-order valence-corrected chi connectivity index (χ2v) is 4.60. The lowest BCUT2D eigenvalue weighted by atomic mass is 10.1. The fourth-order valence-corrected chi connectivity index (χ4v) is 1.96. The Bertz CT molecular complexity index is 380. The number of rotatable bonds is 3. The molecule has 2 N–H and O–H groups in total. The van der Waals surface area contributed by atoms with E-state index in [0.29, 0.717) is 0 Å². The molecule has 0 saturated carbocycles. The number of amides is 1. The second-order valence-electron chi connectivity index (χ2n) is 4.60. The summed E-state index contributed by atoms with van der Waals surface area (Å²) in [6, 6.07) is 7.93. The molecular weight excluding hydrogens is 214 g/mol. The van der Waals surface area contributed by atoms with Crippen LogP contribution in [-0.4, -0.2) is 39.1 Å². The monoisotopic (exact) mass is 233 g/mol. The Labute approximate surface area is 102 Å². The van der Waals surface area contributed by atoms with E-state index in [1.54, 1.807) is 0 Å². The van der Waals surface area contributed by atoms with Gasteiger partial charge in [0.2, 0.25) is 0 Å². The molecule has 4 heteroatoms. The molecule has 0 aliphatic carbocycles. The van der Waals surface area contributed by atoms with Gasteiger partial charge in [0.25, 0.3) is 5.91 Å². The van der Waals surface area contributed by atoms with Gasteiger partial charge in [-0.1, -0.05) is 0 Å². The molecular formula is C13H19N3O. The molecule has 4 nitrogen and oxygen atoms in total. The molecule has 0 spiro atoms. The van der Waals surface area contributed by atoms with Gasteiger partial charge < -0.3 is 15.5 Å². The van der Waals surface area contributed by atoms with Gasteiger partial charge in [-0.05, 0) is 37.2 Å². The van der Waals surface area contributed by atoms with Gasteiger partial charge >= 0.3 is 0 Å². The lowest BCUT2D eigenvalue weighted by molar-refractivity contribution is 0.0940. The SMILES string of the molecule is CN(C)c1ccc(C(=O)NC2CCNC2)cc1. The van der Waals surface area contributed by atoms with Gasteiger partial charge in [-0.3, -0.25) is 4.79 Å². The van der Waals surface area contributed by atoms with Crippen molar-refractivity contribution in [2.24, 2.45) is 0 Å². The zero-order chi connectivity index (χ0) is 12.3. The van der Waals surface area contributed by atoms with Gasteiger partial charge in [-0.2, -0.15) is 0 Å². The van der Waals surface area contributed by atoms with Crippen LogP contribution in [0, 0.1) is 0 Å². The van der Waals surface area contributed by atoms with Crippen LogP contribution in [0.3, 0.4) is 0 Å². The van der Waals surface area contributed by atoms with E-state index in [9.17, 15) is 4.79 Å². The molecule has 1 aromatic rings. The molecule has 1 fully saturated rings. The summed E-state index contributed by atoms with van der Waals surface area (Å²) in [7, 11) is 3.97. The molecule has 0 aromatic heterocycles. The Kier molecular flexibility index (Phi) is 3.64. The van der Waals surface area contributed by atoms with E-state index in [1.165, 1.54) is 0 Å². The molecule has 1 aliphatic heterocycles. The van der Waals surface area contributed by atoms with E-state index in [-0.39, 0.29) is 11.9 Å². The minimum Gasteiger partial charge on any atom is -0.378 e. The number of nitrogens with zero attached hydrogens (tertiary/aromatic N) is 1. The van der Waals surface area contributed by atoms with Crippen molar-refractivity contribution in [1.82, 2.24) is 10.6 Å². The molecule has 1 atom stereocenters. The smallest absolute Gasteiger partial charge is 0.251 e. The first kappa shape index (κ1) is 11.9. The molecule has 17 heavy (non-hydrogen) atoms. The number of hydrogen-bond donors (Lipinski definition) is 2. The van der Waals surface area contributed by atoms with Crippen LogP contribution in [0.15, 0.2) is 24.3 Å². The molecule has 0 radical (unpaired) electrons. The zero-order valence-corrected chi connectivity index (χ0v) is 10.4. The molecule has 92 valence electrons. The van der Waals surface area contributed by atoms with Gasteiger partial charge in [-0.25, -0.2) is 0 Å². The molecule has 1 amide bonds. The maximum atomic E-state index is 11.9. The van der Waals surface area contributed by atoms with Crippen LogP contribution in [0.5, 0.6) is 0 Å². The van der Waals surface area contributed by atoms with Crippen LogP contribution in [0.1, 0.15) is 16.8 Å². The Morgan fingerprint density at radius 3 is 2.59 bits per heavy atom. The Morgan fingerprint density at radius 1 is 1.35 bits per heavy atom. The van der Waals surface area contributed by atoms with Crippen molar-refractivity contribution in [3.8, 4) is 0 Å². The van der Waals surface area contributed by atoms with Crippen molar-refractivity contribution < 1.29 is 4.79 Å². The van der Waals surface area contributed by atoms with Crippen molar-refractivity contribution in [3.63, 3.8) is 0 Å². The molecule has 1 unspecified atom stereocenters. The molecule has 0 bridgehead atoms. The number of anilines is 1. The van der Waals surface area contributed by atoms with E-state index < -0.39 is 0 Å². The van der Waals surface area contributed by atoms with Gasteiger partial charge in [0, 0.05) is 37.9 Å². The maximum absolute atomic E-state index is 11.9. The fraction of sp³-hybridized carbons (Fsp3) is 0.462. The lowest BCUT2D eigenvalue weighted by Gasteiger charge is -2.14. The Hall–Kier alpha value is -1.55. The predicted molar refractivity (Wildman–Crippen MR) is 69.5 cm³/mol. The average molecular weight is 233 g/mol. The third kappa shape index (κ3) is 2.97. The summed E-state index contributed by atoms with van der Waals surface area (Å²) in [4.78, 5) is 13.9. The molecule has 2 rings (SSSR count). The third-order valence-electron chi connectivity index (χ3n) is 3.04. The number of carbonyl (C=O) groups is 1. The van der Waals surface area contributed by atoms with Crippen molar-refractivity contribution >= 4 is 11.6 Å². The molecule has 1 saturated heterocycles. The van der Waals surface area contributed by atoms with Crippen LogP contribution in [0.25, 0.3) is 0 Å². The van der Waals surface area contributed by atoms with Gasteiger partial charge in [0.1, 0.15) is 0 Å². The van der Waals surface area contributed by atoms with E-state index >= 15 is 0 Å². The molecule has 1 aromatic carbocycles. The number of nitrogens with one attached hydrogen (secondary N) is 2. The first-order chi connectivity index (χ1) is 8.16. The summed E-state index contributed by atoms with van der Waals surface area (Å²) in [5.74, 6) is 0.0176. The largest absolute Gasteiger partial charge is 0.378 e. The minimum absolute atomic E-state index is 0.0176. The average Bonchev–Trinajstić information content (AvgIpc) is 2.82. The number of carbonyl (C=O) groups excluding carboxylic acids is 1. The van der Waals surface area contributed by atoms with E-state index in [4.69, 9.17) is 0 Å². The standard InChI is InChI=1S/C13H19N3O/c1-16(2)12-5-3-10(4-6-12)13(17)15-11-7-8-14-9-11/h3-6,11,14H,7-9H2,1-2H3,(H,15,17). The van der Waals surface area contributed by atoms with Crippen LogP contribution in [0.4, 0.5) is 5.69 Å². The normalized spacial score (nSPS) is 19.1. The summed E-state index contributed by atoms with van der Waals surface area (Å²) in [6.07, 6.45) is 1.02. The Balaban J connectivity index is 1.98. The summed E-state index contributed by atoms with van der Waals surface area (Å²) >= 11 is 0. The van der Waals surface area contributed by atoms with E-state index in [0.717, 1.165) is 30.8 Å². The lowest BCUT2D eigenvalue weighted by Crippen LogP contribution is -2.36. The quantitative estimate of drug-likeness (QED) is 0.813. The summed E-state index contributed by atoms with van der Waals surface area (Å²) in [5.41, 5.74) is 1.83. The Morgan fingerprint density at radius 2 is 2.06 bits per heavy atom. The highest BCUT2D eigenvalue weighted by atomic mass is 16.1. The van der Waals surface area contributed by atoms with Crippen LogP contribution < -0.4 is 15.5 Å². The summed E-state index contributed by atoms with van der Waals surface area (Å²) in [6.45, 7) is 1.87. The molecule has 1 heterocycles. The van der Waals surface area contributed by atoms with Gasteiger partial charge in [0.15, 0.2) is 0 Å².